The van der Waals surface area contributed by atoms with Crippen LogP contribution in [0.2, 0.25) is 0 Å². The van der Waals surface area contributed by atoms with Gasteiger partial charge in [0, 0.05) is 49.0 Å². The highest BCUT2D eigenvalue weighted by molar-refractivity contribution is 5.47. The molecule has 1 aliphatic heterocycles. The fourth-order valence-corrected chi connectivity index (χ4v) is 3.70. The number of hydrogen-bond acceptors (Lipinski definition) is 6. The molecule has 0 aliphatic carbocycles. The fourth-order valence-electron chi connectivity index (χ4n) is 3.70. The van der Waals surface area contributed by atoms with Crippen LogP contribution in [0.1, 0.15) is 30.3 Å². The minimum atomic E-state index is 0.347. The largest absolute Gasteiger partial charge is 0.371 e. The fraction of sp³-hybridized carbons (Fsp3) is 0.316. The topological polar surface area (TPSA) is 77.0 Å². The summed E-state index contributed by atoms with van der Waals surface area (Å²) in [5.41, 5.74) is 3.06. The molecule has 0 unspecified atom stereocenters. The van der Waals surface area contributed by atoms with E-state index in [0.717, 1.165) is 48.9 Å². The van der Waals surface area contributed by atoms with Gasteiger partial charge in [-0.05, 0) is 50.1 Å². The van der Waals surface area contributed by atoms with Gasteiger partial charge in [0.05, 0.1) is 0 Å². The van der Waals surface area contributed by atoms with E-state index in [9.17, 15) is 0 Å². The van der Waals surface area contributed by atoms with Crippen molar-refractivity contribution in [2.24, 2.45) is 0 Å². The molecule has 0 spiro atoms. The van der Waals surface area contributed by atoms with E-state index in [0.29, 0.717) is 5.92 Å². The number of aromatic nitrogens is 7. The molecule has 0 amide bonds. The van der Waals surface area contributed by atoms with Gasteiger partial charge in [-0.1, -0.05) is 0 Å². The van der Waals surface area contributed by atoms with Crippen LogP contribution in [0.25, 0.3) is 11.5 Å². The van der Waals surface area contributed by atoms with Gasteiger partial charge in [-0.2, -0.15) is 9.61 Å². The van der Waals surface area contributed by atoms with E-state index in [1.165, 1.54) is 5.69 Å². The highest BCUT2D eigenvalue weighted by atomic mass is 15.4. The van der Waals surface area contributed by atoms with Gasteiger partial charge in [-0.3, -0.25) is 4.98 Å². The number of nitrogens with zero attached hydrogens (tertiary/aromatic N) is 8. The zero-order valence-electron chi connectivity index (χ0n) is 15.1. The van der Waals surface area contributed by atoms with Crippen LogP contribution in [0, 0.1) is 6.92 Å². The first-order valence-corrected chi connectivity index (χ1v) is 9.18. The lowest BCUT2D eigenvalue weighted by Gasteiger charge is -2.32. The summed E-state index contributed by atoms with van der Waals surface area (Å²) >= 11 is 0. The van der Waals surface area contributed by atoms with Gasteiger partial charge in [0.2, 0.25) is 0 Å². The van der Waals surface area contributed by atoms with Crippen LogP contribution in [0.15, 0.2) is 48.9 Å². The van der Waals surface area contributed by atoms with Gasteiger partial charge in [0.1, 0.15) is 0 Å². The first kappa shape index (κ1) is 15.9. The van der Waals surface area contributed by atoms with Crippen LogP contribution in [-0.4, -0.2) is 47.7 Å². The van der Waals surface area contributed by atoms with Crippen molar-refractivity contribution in [3.8, 4) is 5.82 Å². The summed E-state index contributed by atoms with van der Waals surface area (Å²) in [6.45, 7) is 4.01. The molecular weight excluding hydrogens is 340 g/mol. The van der Waals surface area contributed by atoms with Crippen molar-refractivity contribution in [1.29, 1.82) is 0 Å². The molecule has 8 nitrogen and oxygen atoms in total. The molecular formula is C19H20N8. The number of rotatable bonds is 3. The minimum Gasteiger partial charge on any atom is -0.371 e. The summed E-state index contributed by atoms with van der Waals surface area (Å²) in [5, 5.41) is 17.7. The van der Waals surface area contributed by atoms with Crippen LogP contribution in [-0.2, 0) is 0 Å². The summed E-state index contributed by atoms with van der Waals surface area (Å²) in [6, 6.07) is 9.96. The highest BCUT2D eigenvalue weighted by Gasteiger charge is 2.25. The average Bonchev–Trinajstić information content (AvgIpc) is 3.38. The predicted octanol–water partition coefficient (Wildman–Crippen LogP) is 2.40. The Labute approximate surface area is 156 Å². The molecule has 27 heavy (non-hydrogen) atoms. The van der Waals surface area contributed by atoms with E-state index in [1.54, 1.807) is 10.9 Å². The first-order chi connectivity index (χ1) is 13.3. The molecule has 4 aromatic heterocycles. The minimum absolute atomic E-state index is 0.347. The number of fused-ring (bicyclic) bond motifs is 1. The van der Waals surface area contributed by atoms with Gasteiger partial charge < -0.3 is 4.90 Å². The van der Waals surface area contributed by atoms with Gasteiger partial charge in [0.15, 0.2) is 17.3 Å². The van der Waals surface area contributed by atoms with Crippen LogP contribution in [0.5, 0.6) is 0 Å². The Balaban J connectivity index is 1.39. The maximum absolute atomic E-state index is 4.71. The number of hydrogen-bond donors (Lipinski definition) is 0. The average molecular weight is 360 g/mol. The van der Waals surface area contributed by atoms with Crippen molar-refractivity contribution in [2.45, 2.75) is 25.7 Å². The molecule has 5 heterocycles. The van der Waals surface area contributed by atoms with E-state index in [1.807, 2.05) is 42.0 Å². The summed E-state index contributed by atoms with van der Waals surface area (Å²) in [5.74, 6) is 2.04. The zero-order valence-corrected chi connectivity index (χ0v) is 15.1. The Morgan fingerprint density at radius 3 is 2.70 bits per heavy atom. The molecule has 0 saturated carbocycles. The third-order valence-electron chi connectivity index (χ3n) is 5.12. The van der Waals surface area contributed by atoms with Crippen molar-refractivity contribution >= 4 is 11.3 Å². The Morgan fingerprint density at radius 2 is 1.93 bits per heavy atom. The molecule has 0 atom stereocenters. The number of aryl methyl sites for hydroxylation is 1. The molecule has 136 valence electrons. The molecule has 0 radical (unpaired) electrons. The Kier molecular flexibility index (Phi) is 3.81. The quantitative estimate of drug-likeness (QED) is 0.558. The Morgan fingerprint density at radius 1 is 1.04 bits per heavy atom. The summed E-state index contributed by atoms with van der Waals surface area (Å²) < 4.78 is 3.62. The van der Waals surface area contributed by atoms with Gasteiger partial charge in [0.25, 0.3) is 0 Å². The van der Waals surface area contributed by atoms with E-state index in [-0.39, 0.29) is 0 Å². The van der Waals surface area contributed by atoms with E-state index in [4.69, 9.17) is 5.10 Å². The predicted molar refractivity (Wildman–Crippen MR) is 101 cm³/mol. The number of piperidine rings is 1. The second-order valence-electron chi connectivity index (χ2n) is 6.89. The molecule has 4 aromatic rings. The van der Waals surface area contributed by atoms with E-state index < -0.39 is 0 Å². The monoisotopic (exact) mass is 360 g/mol. The summed E-state index contributed by atoms with van der Waals surface area (Å²) in [6.07, 6.45) is 7.55. The second kappa shape index (κ2) is 6.46. The molecule has 0 N–H and O–H groups in total. The van der Waals surface area contributed by atoms with Crippen molar-refractivity contribution < 1.29 is 0 Å². The normalized spacial score (nSPS) is 15.5. The first-order valence-electron chi connectivity index (χ1n) is 9.18. The smallest absolute Gasteiger partial charge is 0.178 e. The maximum atomic E-state index is 4.71. The molecule has 0 bridgehead atoms. The number of pyridine rings is 1. The molecule has 8 heteroatoms. The zero-order chi connectivity index (χ0) is 18.2. The lowest BCUT2D eigenvalue weighted by atomic mass is 9.95. The van der Waals surface area contributed by atoms with Crippen molar-refractivity contribution in [1.82, 2.24) is 34.6 Å². The maximum Gasteiger partial charge on any atom is 0.178 e. The van der Waals surface area contributed by atoms with E-state index >= 15 is 0 Å². The van der Waals surface area contributed by atoms with Crippen LogP contribution in [0.3, 0.4) is 0 Å². The molecule has 5 rings (SSSR count). The van der Waals surface area contributed by atoms with Crippen LogP contribution < -0.4 is 4.90 Å². The lowest BCUT2D eigenvalue weighted by molar-refractivity contribution is 0.476. The van der Waals surface area contributed by atoms with Gasteiger partial charge in [-0.15, -0.1) is 15.3 Å². The molecule has 1 aliphatic rings. The standard InChI is InChI=1S/C19H20N8/c1-14-13-16(5-9-20-14)25-11-6-15(7-12-25)19-23-22-17-3-4-18(24-27(17)19)26-10-2-8-21-26/h2-5,8-10,13,15H,6-7,11-12H2,1H3. The van der Waals surface area contributed by atoms with Crippen molar-refractivity contribution in [3.05, 3.63) is 60.4 Å². The highest BCUT2D eigenvalue weighted by Crippen LogP contribution is 2.29. The molecule has 1 saturated heterocycles. The lowest BCUT2D eigenvalue weighted by Crippen LogP contribution is -2.33. The van der Waals surface area contributed by atoms with Crippen molar-refractivity contribution in [3.63, 3.8) is 0 Å². The van der Waals surface area contributed by atoms with E-state index in [2.05, 4.69) is 37.3 Å². The van der Waals surface area contributed by atoms with Crippen LogP contribution in [0.4, 0.5) is 5.69 Å². The number of anilines is 1. The van der Waals surface area contributed by atoms with Crippen LogP contribution >= 0.6 is 0 Å². The Hall–Kier alpha value is -3.29. The van der Waals surface area contributed by atoms with Gasteiger partial charge in [-0.25, -0.2) is 4.68 Å². The SMILES string of the molecule is Cc1cc(N2CCC(c3nnc4ccc(-n5cccn5)nn34)CC2)ccn1. The third kappa shape index (κ3) is 2.92. The molecule has 0 aromatic carbocycles. The second-order valence-corrected chi connectivity index (χ2v) is 6.89. The van der Waals surface area contributed by atoms with Gasteiger partial charge >= 0.3 is 0 Å². The summed E-state index contributed by atoms with van der Waals surface area (Å²) in [4.78, 5) is 6.70. The summed E-state index contributed by atoms with van der Waals surface area (Å²) in [7, 11) is 0. The van der Waals surface area contributed by atoms with Crippen molar-refractivity contribution in [2.75, 3.05) is 18.0 Å². The molecule has 1 fully saturated rings. The Bertz CT molecular complexity index is 1060. The third-order valence-corrected chi connectivity index (χ3v) is 5.12.